The molecule has 61 heavy (non-hydrogen) atoms. The molecule has 6 heterocycles. The van der Waals surface area contributed by atoms with Crippen LogP contribution in [-0.4, -0.2) is 23.8 Å². The summed E-state index contributed by atoms with van der Waals surface area (Å²) in [4.78, 5) is 15.5. The van der Waals surface area contributed by atoms with Gasteiger partial charge in [0.1, 0.15) is 22.5 Å². The Morgan fingerprint density at radius 1 is 0.311 bits per heavy atom. The normalized spacial score (nSPS) is 11.6. The molecule has 12 rings (SSSR count). The summed E-state index contributed by atoms with van der Waals surface area (Å²) in [6, 6.07) is 69.5. The van der Waals surface area contributed by atoms with E-state index in [4.69, 9.17) is 19.4 Å². The van der Waals surface area contributed by atoms with Gasteiger partial charge in [-0.25, -0.2) is 15.0 Å². The predicted molar refractivity (Wildman–Crippen MR) is 247 cm³/mol. The van der Waals surface area contributed by atoms with Crippen LogP contribution in [0.3, 0.4) is 0 Å². The molecule has 286 valence electrons. The fraction of sp³-hybridized carbons (Fsp3) is 0. The van der Waals surface area contributed by atoms with Crippen molar-refractivity contribution in [3.63, 3.8) is 0 Å². The molecule has 0 amide bonds. The van der Waals surface area contributed by atoms with Crippen molar-refractivity contribution in [1.82, 2.24) is 23.8 Å². The Morgan fingerprint density at radius 3 is 1.33 bits per heavy atom. The van der Waals surface area contributed by atoms with Crippen LogP contribution in [-0.2, 0) is 0 Å². The molecule has 0 saturated heterocycles. The van der Waals surface area contributed by atoms with Crippen LogP contribution in [0, 0.1) is 0 Å². The van der Waals surface area contributed by atoms with Crippen LogP contribution in [0.2, 0.25) is 0 Å². The first-order valence-corrected chi connectivity index (χ1v) is 20.4. The minimum absolute atomic E-state index is 0.858. The Hall–Kier alpha value is -8.35. The number of pyridine rings is 3. The molecule has 0 bridgehead atoms. The van der Waals surface area contributed by atoms with E-state index in [-0.39, 0.29) is 0 Å². The second-order valence-electron chi connectivity index (χ2n) is 15.3. The summed E-state index contributed by atoms with van der Waals surface area (Å²) in [5.74, 6) is 0. The highest BCUT2D eigenvalue weighted by atomic mass is 16.3. The molecule has 6 heteroatoms. The van der Waals surface area contributed by atoms with Gasteiger partial charge in [-0.15, -0.1) is 0 Å². The summed E-state index contributed by atoms with van der Waals surface area (Å²) in [7, 11) is 0. The third-order valence-corrected chi connectivity index (χ3v) is 11.6. The van der Waals surface area contributed by atoms with Crippen LogP contribution in [0.1, 0.15) is 0 Å². The van der Waals surface area contributed by atoms with Crippen molar-refractivity contribution < 1.29 is 4.42 Å². The van der Waals surface area contributed by atoms with Gasteiger partial charge in [0.2, 0.25) is 0 Å². The molecule has 0 unspecified atom stereocenters. The van der Waals surface area contributed by atoms with Crippen molar-refractivity contribution in [1.29, 1.82) is 0 Å². The summed E-state index contributed by atoms with van der Waals surface area (Å²) in [6.07, 6.45) is 4.16. The van der Waals surface area contributed by atoms with Gasteiger partial charge in [-0.3, -0.25) is 8.80 Å². The quantitative estimate of drug-likeness (QED) is 0.162. The van der Waals surface area contributed by atoms with E-state index in [0.29, 0.717) is 0 Å². The number of hydrogen-bond acceptors (Lipinski definition) is 4. The van der Waals surface area contributed by atoms with Crippen LogP contribution in [0.15, 0.2) is 217 Å². The van der Waals surface area contributed by atoms with Gasteiger partial charge in [-0.05, 0) is 65.7 Å². The summed E-state index contributed by atoms with van der Waals surface area (Å²) >= 11 is 0. The van der Waals surface area contributed by atoms with E-state index in [1.807, 2.05) is 48.5 Å². The van der Waals surface area contributed by atoms with Crippen LogP contribution >= 0.6 is 0 Å². The van der Waals surface area contributed by atoms with E-state index < -0.39 is 0 Å². The zero-order valence-electron chi connectivity index (χ0n) is 32.9. The zero-order valence-corrected chi connectivity index (χ0v) is 32.9. The van der Waals surface area contributed by atoms with Gasteiger partial charge in [0.25, 0.3) is 0 Å². The van der Waals surface area contributed by atoms with Gasteiger partial charge in [-0.2, -0.15) is 0 Å². The molecule has 12 aromatic rings. The Morgan fingerprint density at radius 2 is 0.770 bits per heavy atom. The van der Waals surface area contributed by atoms with Gasteiger partial charge in [0.15, 0.2) is 0 Å². The largest absolute Gasteiger partial charge is 0.456 e. The van der Waals surface area contributed by atoms with Crippen LogP contribution < -0.4 is 0 Å². The van der Waals surface area contributed by atoms with Crippen LogP contribution in [0.25, 0.3) is 112 Å². The molecule has 0 aliphatic carbocycles. The van der Waals surface area contributed by atoms with Crippen molar-refractivity contribution in [2.75, 3.05) is 0 Å². The first kappa shape index (κ1) is 34.7. The number of benzene rings is 6. The third-order valence-electron chi connectivity index (χ3n) is 11.6. The lowest BCUT2D eigenvalue weighted by Gasteiger charge is -2.12. The summed E-state index contributed by atoms with van der Waals surface area (Å²) in [5.41, 5.74) is 17.8. The van der Waals surface area contributed by atoms with Gasteiger partial charge < -0.3 is 4.42 Å². The molecule has 0 saturated carbocycles. The second-order valence-corrected chi connectivity index (χ2v) is 15.3. The molecule has 0 radical (unpaired) electrons. The Balaban J connectivity index is 0.982. The standard InChI is InChI=1S/C55H35N5O/c1-3-13-38(14-4-1)52-54(59-31-11-9-19-50(59)57-52)40-25-21-36(22-26-40)46-33-43(42-29-30-45-44-17-7-8-18-48(44)61-49(45)35-42)34-47(56-46)37-23-27-41(28-24-37)55-53(39-15-5-2-6-16-39)58-51-20-10-12-32-60(51)55/h1-35H. The lowest BCUT2D eigenvalue weighted by Crippen LogP contribution is -1.93. The van der Waals surface area contributed by atoms with Crippen molar-refractivity contribution in [3.05, 3.63) is 213 Å². The maximum Gasteiger partial charge on any atom is 0.137 e. The van der Waals surface area contributed by atoms with Gasteiger partial charge in [-0.1, -0.05) is 146 Å². The Labute approximate surface area is 351 Å². The van der Waals surface area contributed by atoms with Crippen LogP contribution in [0.5, 0.6) is 0 Å². The molecule has 6 aromatic heterocycles. The SMILES string of the molecule is c1ccc(-c2nc3ccccn3c2-c2ccc(-c3cc(-c4ccc5c(c4)oc4ccccc45)cc(-c4ccc(-c5c(-c6ccccc6)nc6ccccn56)cc4)n3)cc2)cc1. The van der Waals surface area contributed by atoms with Gasteiger partial charge >= 0.3 is 0 Å². The van der Waals surface area contributed by atoms with Gasteiger partial charge in [0, 0.05) is 56.5 Å². The monoisotopic (exact) mass is 781 g/mol. The molecular formula is C55H35N5O. The number of aromatic nitrogens is 5. The fourth-order valence-electron chi connectivity index (χ4n) is 8.63. The number of rotatable bonds is 7. The highest BCUT2D eigenvalue weighted by Crippen LogP contribution is 2.39. The lowest BCUT2D eigenvalue weighted by molar-refractivity contribution is 0.669. The number of fused-ring (bicyclic) bond motifs is 5. The predicted octanol–water partition coefficient (Wildman–Crippen LogP) is 13.9. The molecule has 0 aliphatic heterocycles. The number of furan rings is 1. The van der Waals surface area contributed by atoms with Gasteiger partial charge in [0.05, 0.1) is 34.2 Å². The molecule has 0 atom stereocenters. The van der Waals surface area contributed by atoms with E-state index in [2.05, 4.69) is 173 Å². The number of imidazole rings is 2. The Kier molecular flexibility index (Phi) is 8.06. The molecule has 0 spiro atoms. The molecule has 6 nitrogen and oxygen atoms in total. The highest BCUT2D eigenvalue weighted by Gasteiger charge is 2.19. The highest BCUT2D eigenvalue weighted by molar-refractivity contribution is 6.06. The summed E-state index contributed by atoms with van der Waals surface area (Å²) in [5, 5.41) is 2.22. The number of nitrogens with zero attached hydrogens (tertiary/aromatic N) is 5. The fourth-order valence-corrected chi connectivity index (χ4v) is 8.63. The van der Waals surface area contributed by atoms with E-state index in [9.17, 15) is 0 Å². The second kappa shape index (κ2) is 14.2. The lowest BCUT2D eigenvalue weighted by atomic mass is 9.97. The first-order valence-electron chi connectivity index (χ1n) is 20.4. The average Bonchev–Trinajstić information content (AvgIpc) is 4.04. The van der Waals surface area contributed by atoms with E-state index in [0.717, 1.165) is 112 Å². The molecule has 6 aromatic carbocycles. The maximum absolute atomic E-state index is 6.36. The third kappa shape index (κ3) is 6.00. The summed E-state index contributed by atoms with van der Waals surface area (Å²) in [6.45, 7) is 0. The zero-order chi connectivity index (χ0) is 40.3. The molecular weight excluding hydrogens is 747 g/mol. The van der Waals surface area contributed by atoms with E-state index >= 15 is 0 Å². The molecule has 0 N–H and O–H groups in total. The Bertz CT molecular complexity index is 3390. The topological polar surface area (TPSA) is 60.6 Å². The molecule has 0 fully saturated rings. The van der Waals surface area contributed by atoms with E-state index in [1.165, 1.54) is 0 Å². The minimum atomic E-state index is 0.858. The minimum Gasteiger partial charge on any atom is -0.456 e. The maximum atomic E-state index is 6.36. The van der Waals surface area contributed by atoms with Crippen LogP contribution in [0.4, 0.5) is 0 Å². The average molecular weight is 782 g/mol. The van der Waals surface area contributed by atoms with Crippen molar-refractivity contribution in [2.24, 2.45) is 0 Å². The number of para-hydroxylation sites is 1. The first-order chi connectivity index (χ1) is 30.2. The smallest absolute Gasteiger partial charge is 0.137 e. The van der Waals surface area contributed by atoms with Crippen molar-refractivity contribution in [2.45, 2.75) is 0 Å². The number of hydrogen-bond donors (Lipinski definition) is 0. The van der Waals surface area contributed by atoms with Crippen molar-refractivity contribution in [3.8, 4) is 78.7 Å². The summed E-state index contributed by atoms with van der Waals surface area (Å²) < 4.78 is 10.7. The van der Waals surface area contributed by atoms with E-state index in [1.54, 1.807) is 0 Å². The van der Waals surface area contributed by atoms with Crippen molar-refractivity contribution >= 4 is 33.2 Å². The molecule has 0 aliphatic rings.